The molecule has 2 unspecified atom stereocenters. The third-order valence-electron chi connectivity index (χ3n) is 2.49. The first-order chi connectivity index (χ1) is 7.31. The molecule has 0 amide bonds. The van der Waals surface area contributed by atoms with Gasteiger partial charge in [-0.05, 0) is 11.1 Å². The molecule has 1 aliphatic rings. The Morgan fingerprint density at radius 3 is 3.00 bits per heavy atom. The zero-order valence-electron chi connectivity index (χ0n) is 8.47. The van der Waals surface area contributed by atoms with Gasteiger partial charge in [-0.2, -0.15) is 0 Å². The molecule has 0 radical (unpaired) electrons. The van der Waals surface area contributed by atoms with Gasteiger partial charge < -0.3 is 15.6 Å². The molecule has 0 fully saturated rings. The van der Waals surface area contributed by atoms with Crippen LogP contribution in [0.3, 0.4) is 0 Å². The summed E-state index contributed by atoms with van der Waals surface area (Å²) >= 11 is 0. The summed E-state index contributed by atoms with van der Waals surface area (Å²) in [5.74, 6) is 0. The van der Waals surface area contributed by atoms with Gasteiger partial charge in [0.15, 0.2) is 0 Å². The molecule has 0 saturated heterocycles. The Labute approximate surface area is 89.2 Å². The van der Waals surface area contributed by atoms with Crippen molar-refractivity contribution in [2.75, 3.05) is 13.2 Å². The van der Waals surface area contributed by atoms with Crippen LogP contribution in [0.2, 0.25) is 0 Å². The molecule has 3 heteroatoms. The number of ether oxygens (including phenoxy) is 1. The van der Waals surface area contributed by atoms with E-state index in [1.807, 2.05) is 30.4 Å². The summed E-state index contributed by atoms with van der Waals surface area (Å²) in [6.07, 6.45) is 3.41. The summed E-state index contributed by atoms with van der Waals surface area (Å²) < 4.78 is 5.57. The number of rotatable bonds is 4. The van der Waals surface area contributed by atoms with Crippen LogP contribution in [0.5, 0.6) is 0 Å². The first-order valence-corrected chi connectivity index (χ1v) is 5.08. The van der Waals surface area contributed by atoms with Gasteiger partial charge in [0.1, 0.15) is 6.10 Å². The Morgan fingerprint density at radius 1 is 1.40 bits per heavy atom. The van der Waals surface area contributed by atoms with Gasteiger partial charge in [0.2, 0.25) is 0 Å². The molecule has 0 saturated carbocycles. The fraction of sp³-hybridized carbons (Fsp3) is 0.333. The molecule has 0 heterocycles. The van der Waals surface area contributed by atoms with E-state index in [1.54, 1.807) is 0 Å². The van der Waals surface area contributed by atoms with Crippen LogP contribution >= 0.6 is 0 Å². The quantitative estimate of drug-likeness (QED) is 0.773. The Kier molecular flexibility index (Phi) is 3.16. The summed E-state index contributed by atoms with van der Waals surface area (Å²) in [5, 5.41) is 9.29. The lowest BCUT2D eigenvalue weighted by molar-refractivity contribution is 0.0140. The molecular weight excluding hydrogens is 190 g/mol. The summed E-state index contributed by atoms with van der Waals surface area (Å²) in [7, 11) is 0. The third kappa shape index (κ3) is 2.26. The van der Waals surface area contributed by atoms with Crippen molar-refractivity contribution in [3.63, 3.8) is 0 Å². The van der Waals surface area contributed by atoms with Gasteiger partial charge in [0.25, 0.3) is 0 Å². The van der Waals surface area contributed by atoms with E-state index in [-0.39, 0.29) is 19.3 Å². The van der Waals surface area contributed by atoms with Crippen molar-refractivity contribution in [2.24, 2.45) is 5.73 Å². The molecule has 1 aromatic carbocycles. The standard InChI is InChI=1S/C12H15NO2/c13-7-10(14)8-15-12-6-5-9-3-1-2-4-11(9)12/h1-6,10,12,14H,7-8,13H2. The highest BCUT2D eigenvalue weighted by Crippen LogP contribution is 2.30. The molecule has 0 aliphatic heterocycles. The second-order valence-corrected chi connectivity index (χ2v) is 3.63. The second-order valence-electron chi connectivity index (χ2n) is 3.63. The predicted molar refractivity (Wildman–Crippen MR) is 59.2 cm³/mol. The van der Waals surface area contributed by atoms with Gasteiger partial charge >= 0.3 is 0 Å². The molecule has 1 aliphatic carbocycles. The lowest BCUT2D eigenvalue weighted by atomic mass is 10.1. The van der Waals surface area contributed by atoms with E-state index in [2.05, 4.69) is 6.07 Å². The predicted octanol–water partition coefficient (Wildman–Crippen LogP) is 1.09. The van der Waals surface area contributed by atoms with Gasteiger partial charge in [0, 0.05) is 6.54 Å². The molecule has 1 aromatic rings. The maximum atomic E-state index is 9.29. The summed E-state index contributed by atoms with van der Waals surface area (Å²) in [6.45, 7) is 0.512. The summed E-state index contributed by atoms with van der Waals surface area (Å²) in [4.78, 5) is 0. The number of aliphatic hydroxyl groups is 1. The van der Waals surface area contributed by atoms with Crippen LogP contribution in [0.25, 0.3) is 6.08 Å². The first kappa shape index (κ1) is 10.4. The Balaban J connectivity index is 1.99. The Hall–Kier alpha value is -1.16. The van der Waals surface area contributed by atoms with Gasteiger partial charge in [-0.25, -0.2) is 0 Å². The highest BCUT2D eigenvalue weighted by Gasteiger charge is 2.17. The average Bonchev–Trinajstić information content (AvgIpc) is 2.69. The number of hydrogen-bond acceptors (Lipinski definition) is 3. The highest BCUT2D eigenvalue weighted by atomic mass is 16.5. The SMILES string of the molecule is NCC(O)COC1C=Cc2ccccc21. The minimum atomic E-state index is -0.578. The van der Waals surface area contributed by atoms with Crippen LogP contribution in [0.4, 0.5) is 0 Å². The number of nitrogens with two attached hydrogens (primary N) is 1. The second kappa shape index (κ2) is 4.57. The summed E-state index contributed by atoms with van der Waals surface area (Å²) in [5.41, 5.74) is 7.64. The molecule has 0 bridgehead atoms. The van der Waals surface area contributed by atoms with Gasteiger partial charge in [-0.3, -0.25) is 0 Å². The van der Waals surface area contributed by atoms with E-state index in [0.29, 0.717) is 0 Å². The van der Waals surface area contributed by atoms with E-state index in [0.717, 1.165) is 5.56 Å². The zero-order valence-corrected chi connectivity index (χ0v) is 8.47. The lowest BCUT2D eigenvalue weighted by Crippen LogP contribution is -2.25. The van der Waals surface area contributed by atoms with Crippen LogP contribution in [-0.4, -0.2) is 24.4 Å². The lowest BCUT2D eigenvalue weighted by Gasteiger charge is -2.14. The minimum Gasteiger partial charge on any atom is -0.389 e. The van der Waals surface area contributed by atoms with Gasteiger partial charge in [-0.1, -0.05) is 36.4 Å². The van der Waals surface area contributed by atoms with Crippen LogP contribution in [0.1, 0.15) is 17.2 Å². The molecule has 2 rings (SSSR count). The van der Waals surface area contributed by atoms with E-state index in [1.165, 1.54) is 5.56 Å². The monoisotopic (exact) mass is 205 g/mol. The number of fused-ring (bicyclic) bond motifs is 1. The molecule has 0 aromatic heterocycles. The van der Waals surface area contributed by atoms with E-state index in [4.69, 9.17) is 10.5 Å². The molecule has 2 atom stereocenters. The molecule has 15 heavy (non-hydrogen) atoms. The number of benzene rings is 1. The van der Waals surface area contributed by atoms with Crippen LogP contribution < -0.4 is 5.73 Å². The molecule has 0 spiro atoms. The maximum absolute atomic E-state index is 9.29. The fourth-order valence-corrected chi connectivity index (χ4v) is 1.64. The molecular formula is C12H15NO2. The average molecular weight is 205 g/mol. The van der Waals surface area contributed by atoms with Crippen molar-refractivity contribution in [2.45, 2.75) is 12.2 Å². The van der Waals surface area contributed by atoms with E-state index >= 15 is 0 Å². The fourth-order valence-electron chi connectivity index (χ4n) is 1.64. The van der Waals surface area contributed by atoms with Crippen molar-refractivity contribution < 1.29 is 9.84 Å². The first-order valence-electron chi connectivity index (χ1n) is 5.08. The topological polar surface area (TPSA) is 55.5 Å². The normalized spacial score (nSPS) is 20.3. The van der Waals surface area contributed by atoms with Crippen molar-refractivity contribution in [1.29, 1.82) is 0 Å². The molecule has 3 N–H and O–H groups in total. The Morgan fingerprint density at radius 2 is 2.20 bits per heavy atom. The highest BCUT2D eigenvalue weighted by molar-refractivity contribution is 5.61. The maximum Gasteiger partial charge on any atom is 0.102 e. The number of aliphatic hydroxyl groups excluding tert-OH is 1. The van der Waals surface area contributed by atoms with E-state index in [9.17, 15) is 5.11 Å². The zero-order chi connectivity index (χ0) is 10.7. The largest absolute Gasteiger partial charge is 0.389 e. The van der Waals surface area contributed by atoms with Crippen LogP contribution in [0, 0.1) is 0 Å². The smallest absolute Gasteiger partial charge is 0.102 e. The number of hydrogen-bond donors (Lipinski definition) is 2. The van der Waals surface area contributed by atoms with E-state index < -0.39 is 6.10 Å². The molecule has 3 nitrogen and oxygen atoms in total. The van der Waals surface area contributed by atoms with Crippen molar-refractivity contribution >= 4 is 6.08 Å². The Bertz CT molecular complexity index is 362. The van der Waals surface area contributed by atoms with Crippen molar-refractivity contribution in [3.8, 4) is 0 Å². The minimum absolute atomic E-state index is 0.0394. The summed E-state index contributed by atoms with van der Waals surface area (Å²) in [6, 6.07) is 8.07. The van der Waals surface area contributed by atoms with Gasteiger partial charge in [-0.15, -0.1) is 0 Å². The van der Waals surface area contributed by atoms with Crippen molar-refractivity contribution in [3.05, 3.63) is 41.5 Å². The van der Waals surface area contributed by atoms with Crippen molar-refractivity contribution in [1.82, 2.24) is 0 Å². The van der Waals surface area contributed by atoms with Crippen LogP contribution in [-0.2, 0) is 4.74 Å². The molecule has 80 valence electrons. The van der Waals surface area contributed by atoms with Crippen LogP contribution in [0.15, 0.2) is 30.3 Å². The third-order valence-corrected chi connectivity index (χ3v) is 2.49. The van der Waals surface area contributed by atoms with Gasteiger partial charge in [0.05, 0.1) is 12.7 Å².